The summed E-state index contributed by atoms with van der Waals surface area (Å²) in [6, 6.07) is 11.9. The van der Waals surface area contributed by atoms with E-state index < -0.39 is 10.1 Å². The third-order valence-corrected chi connectivity index (χ3v) is 3.92. The minimum Gasteiger partial charge on any atom is -0.411 e. The van der Waals surface area contributed by atoms with Gasteiger partial charge in [0.1, 0.15) is 4.90 Å². The minimum absolute atomic E-state index is 0.0161. The minimum atomic E-state index is -3.97. The highest BCUT2D eigenvalue weighted by molar-refractivity contribution is 7.87. The van der Waals surface area contributed by atoms with Crippen LogP contribution in [0.2, 0.25) is 5.02 Å². The molecule has 0 saturated heterocycles. The summed E-state index contributed by atoms with van der Waals surface area (Å²) in [6.45, 7) is 0. The van der Waals surface area contributed by atoms with E-state index in [0.717, 1.165) is 6.21 Å². The number of benzene rings is 2. The third kappa shape index (κ3) is 3.28. The van der Waals surface area contributed by atoms with E-state index in [9.17, 15) is 8.42 Å². The first-order valence-electron chi connectivity index (χ1n) is 5.49. The predicted octanol–water partition coefficient (Wildman–Crippen LogP) is 2.92. The van der Waals surface area contributed by atoms with Crippen molar-refractivity contribution in [1.29, 1.82) is 0 Å². The molecule has 0 radical (unpaired) electrons. The largest absolute Gasteiger partial charge is 0.411 e. The molecule has 0 fully saturated rings. The lowest BCUT2D eigenvalue weighted by atomic mass is 10.2. The van der Waals surface area contributed by atoms with Gasteiger partial charge >= 0.3 is 10.1 Å². The van der Waals surface area contributed by atoms with Gasteiger partial charge in [0.25, 0.3) is 0 Å². The van der Waals surface area contributed by atoms with Crippen LogP contribution in [-0.4, -0.2) is 19.8 Å². The summed E-state index contributed by atoms with van der Waals surface area (Å²) in [5.74, 6) is 0.0697. The van der Waals surface area contributed by atoms with E-state index in [4.69, 9.17) is 21.0 Å². The quantitative estimate of drug-likeness (QED) is 0.408. The molecule has 0 atom stereocenters. The van der Waals surface area contributed by atoms with Gasteiger partial charge in [-0.3, -0.25) is 0 Å². The van der Waals surface area contributed by atoms with Gasteiger partial charge in [-0.25, -0.2) is 0 Å². The first-order chi connectivity index (χ1) is 9.53. The molecule has 20 heavy (non-hydrogen) atoms. The van der Waals surface area contributed by atoms with Crippen LogP contribution >= 0.6 is 11.6 Å². The van der Waals surface area contributed by atoms with Crippen molar-refractivity contribution in [1.82, 2.24) is 0 Å². The van der Waals surface area contributed by atoms with Crippen molar-refractivity contribution >= 4 is 27.9 Å². The van der Waals surface area contributed by atoms with Crippen molar-refractivity contribution in [2.45, 2.75) is 4.90 Å². The Balaban J connectivity index is 2.36. The van der Waals surface area contributed by atoms with Crippen LogP contribution in [0, 0.1) is 0 Å². The summed E-state index contributed by atoms with van der Waals surface area (Å²) in [4.78, 5) is -0.0161. The van der Waals surface area contributed by atoms with Crippen LogP contribution in [0.15, 0.2) is 58.6 Å². The van der Waals surface area contributed by atoms with Crippen LogP contribution in [0.5, 0.6) is 5.75 Å². The Morgan fingerprint density at radius 1 is 1.10 bits per heavy atom. The first kappa shape index (κ1) is 14.4. The van der Waals surface area contributed by atoms with Crippen molar-refractivity contribution in [3.63, 3.8) is 0 Å². The second-order valence-corrected chi connectivity index (χ2v) is 5.76. The fraction of sp³-hybridized carbons (Fsp3) is 0. The monoisotopic (exact) mass is 311 g/mol. The number of hydrogen-bond acceptors (Lipinski definition) is 5. The zero-order valence-corrected chi connectivity index (χ0v) is 11.7. The fourth-order valence-electron chi connectivity index (χ4n) is 1.49. The van der Waals surface area contributed by atoms with Crippen molar-refractivity contribution in [2.24, 2.45) is 5.16 Å². The average molecular weight is 312 g/mol. The van der Waals surface area contributed by atoms with Gasteiger partial charge in [-0.15, -0.1) is 0 Å². The summed E-state index contributed by atoms with van der Waals surface area (Å²) >= 11 is 5.71. The highest BCUT2D eigenvalue weighted by atomic mass is 35.5. The predicted molar refractivity (Wildman–Crippen MR) is 75.1 cm³/mol. The Morgan fingerprint density at radius 3 is 2.40 bits per heavy atom. The fourth-order valence-corrected chi connectivity index (χ4v) is 2.57. The molecule has 7 heteroatoms. The molecule has 0 aliphatic carbocycles. The normalized spacial score (nSPS) is 11.7. The lowest BCUT2D eigenvalue weighted by Crippen LogP contribution is -2.10. The van der Waals surface area contributed by atoms with Crippen LogP contribution in [0.4, 0.5) is 0 Å². The summed E-state index contributed by atoms with van der Waals surface area (Å²) in [5, 5.41) is 11.8. The first-order valence-corrected chi connectivity index (χ1v) is 7.28. The second-order valence-electron chi connectivity index (χ2n) is 3.77. The van der Waals surface area contributed by atoms with E-state index in [0.29, 0.717) is 10.6 Å². The molecule has 0 heterocycles. The summed E-state index contributed by atoms with van der Waals surface area (Å²) in [7, 11) is -3.97. The maximum absolute atomic E-state index is 12.1. The highest BCUT2D eigenvalue weighted by Crippen LogP contribution is 2.22. The van der Waals surface area contributed by atoms with E-state index in [1.807, 2.05) is 0 Å². The van der Waals surface area contributed by atoms with Gasteiger partial charge in [0.15, 0.2) is 5.75 Å². The van der Waals surface area contributed by atoms with Crippen molar-refractivity contribution < 1.29 is 17.8 Å². The van der Waals surface area contributed by atoms with Crippen LogP contribution in [-0.2, 0) is 10.1 Å². The van der Waals surface area contributed by atoms with Crippen LogP contribution in [0.3, 0.4) is 0 Å². The SMILES string of the molecule is O=S(=O)(Oc1ccccc1/C=N\O)c1ccc(Cl)cc1. The van der Waals surface area contributed by atoms with Gasteiger partial charge in [0, 0.05) is 10.6 Å². The van der Waals surface area contributed by atoms with Crippen molar-refractivity contribution in [3.8, 4) is 5.75 Å². The number of halogens is 1. The molecule has 0 amide bonds. The molecule has 2 rings (SSSR count). The number of oxime groups is 1. The smallest absolute Gasteiger partial charge is 0.339 e. The van der Waals surface area contributed by atoms with Gasteiger partial charge in [0.2, 0.25) is 0 Å². The number of hydrogen-bond donors (Lipinski definition) is 1. The molecular weight excluding hydrogens is 302 g/mol. The topological polar surface area (TPSA) is 76.0 Å². The molecule has 0 saturated carbocycles. The lowest BCUT2D eigenvalue weighted by Gasteiger charge is -2.09. The molecule has 0 unspecified atom stereocenters. The third-order valence-electron chi connectivity index (χ3n) is 2.42. The van der Waals surface area contributed by atoms with Gasteiger partial charge < -0.3 is 9.39 Å². The van der Waals surface area contributed by atoms with Crippen LogP contribution in [0.1, 0.15) is 5.56 Å². The molecule has 0 aliphatic heterocycles. The molecule has 5 nitrogen and oxygen atoms in total. The van der Waals surface area contributed by atoms with Gasteiger partial charge in [0.05, 0.1) is 6.21 Å². The Bertz CT molecular complexity index is 726. The maximum atomic E-state index is 12.1. The Kier molecular flexibility index (Phi) is 4.26. The highest BCUT2D eigenvalue weighted by Gasteiger charge is 2.17. The maximum Gasteiger partial charge on any atom is 0.339 e. The Labute approximate surface area is 121 Å². The summed E-state index contributed by atoms with van der Waals surface area (Å²) in [5.41, 5.74) is 0.340. The molecule has 2 aromatic carbocycles. The Hall–Kier alpha value is -2.05. The van der Waals surface area contributed by atoms with Gasteiger partial charge in [-0.2, -0.15) is 8.42 Å². The molecule has 104 valence electrons. The van der Waals surface area contributed by atoms with E-state index in [1.54, 1.807) is 18.2 Å². The molecular formula is C13H10ClNO4S. The molecule has 1 N–H and O–H groups in total. The molecule has 0 aliphatic rings. The second kappa shape index (κ2) is 5.94. The van der Waals surface area contributed by atoms with Crippen LogP contribution in [0.25, 0.3) is 0 Å². The standard InChI is InChI=1S/C13H10ClNO4S/c14-11-5-7-12(8-6-11)20(17,18)19-13-4-2-1-3-10(13)9-15-16/h1-9,16H/b15-9-. The number of nitrogens with zero attached hydrogens (tertiary/aromatic N) is 1. The number of rotatable bonds is 4. The molecule has 2 aromatic rings. The van der Waals surface area contributed by atoms with E-state index in [2.05, 4.69) is 5.16 Å². The Morgan fingerprint density at radius 2 is 1.75 bits per heavy atom. The van der Waals surface area contributed by atoms with Gasteiger partial charge in [-0.05, 0) is 36.4 Å². The summed E-state index contributed by atoms with van der Waals surface area (Å²) in [6.07, 6.45) is 1.09. The average Bonchev–Trinajstić information content (AvgIpc) is 2.41. The zero-order valence-electron chi connectivity index (χ0n) is 10.1. The lowest BCUT2D eigenvalue weighted by molar-refractivity contribution is 0.321. The molecule has 0 spiro atoms. The summed E-state index contributed by atoms with van der Waals surface area (Å²) < 4.78 is 29.2. The van der Waals surface area contributed by atoms with Crippen molar-refractivity contribution in [3.05, 3.63) is 59.1 Å². The number of para-hydroxylation sites is 1. The van der Waals surface area contributed by atoms with E-state index >= 15 is 0 Å². The van der Waals surface area contributed by atoms with E-state index in [-0.39, 0.29) is 10.6 Å². The van der Waals surface area contributed by atoms with Crippen molar-refractivity contribution in [2.75, 3.05) is 0 Å². The molecule has 0 aromatic heterocycles. The van der Waals surface area contributed by atoms with Crippen LogP contribution < -0.4 is 4.18 Å². The molecule has 0 bridgehead atoms. The van der Waals surface area contributed by atoms with Gasteiger partial charge in [-0.1, -0.05) is 28.9 Å². The zero-order chi connectivity index (χ0) is 14.6. The van der Waals surface area contributed by atoms with E-state index in [1.165, 1.54) is 30.3 Å².